The maximum absolute atomic E-state index is 12.0. The van der Waals surface area contributed by atoms with E-state index in [0.29, 0.717) is 18.8 Å². The molecule has 0 bridgehead atoms. The summed E-state index contributed by atoms with van der Waals surface area (Å²) in [5.74, 6) is -0.576. The summed E-state index contributed by atoms with van der Waals surface area (Å²) in [7, 11) is 0. The largest absolute Gasteiger partial charge is 0.478 e. The molecule has 1 saturated heterocycles. The van der Waals surface area contributed by atoms with E-state index < -0.39 is 5.97 Å². The van der Waals surface area contributed by atoms with Gasteiger partial charge < -0.3 is 15.3 Å². The lowest BCUT2D eigenvalue weighted by Gasteiger charge is -2.26. The summed E-state index contributed by atoms with van der Waals surface area (Å²) in [5, 5.41) is 12.0. The molecule has 2 N–H and O–H groups in total. The van der Waals surface area contributed by atoms with Crippen LogP contribution in [0.4, 0.5) is 5.82 Å². The molecule has 0 saturated carbocycles. The summed E-state index contributed by atoms with van der Waals surface area (Å²) in [4.78, 5) is 28.8. The third-order valence-electron chi connectivity index (χ3n) is 3.44. The minimum absolute atomic E-state index is 0.00322. The van der Waals surface area contributed by atoms with Crippen molar-refractivity contribution < 1.29 is 14.7 Å². The first-order chi connectivity index (χ1) is 10.1. The monoisotopic (exact) mass is 311 g/mol. The Hall–Kier alpha value is -1.82. The van der Waals surface area contributed by atoms with E-state index >= 15 is 0 Å². The molecular weight excluding hydrogens is 294 g/mol. The van der Waals surface area contributed by atoms with Crippen molar-refractivity contribution >= 4 is 29.3 Å². The van der Waals surface area contributed by atoms with Crippen molar-refractivity contribution in [1.29, 1.82) is 0 Å². The molecule has 0 unspecified atom stereocenters. The first-order valence-electron chi connectivity index (χ1n) is 6.98. The van der Waals surface area contributed by atoms with E-state index in [-0.39, 0.29) is 16.5 Å². The van der Waals surface area contributed by atoms with Gasteiger partial charge in [0, 0.05) is 32.3 Å². The molecule has 1 aromatic heterocycles. The fourth-order valence-electron chi connectivity index (χ4n) is 2.30. The van der Waals surface area contributed by atoms with Gasteiger partial charge in [-0.1, -0.05) is 11.6 Å². The molecule has 0 spiro atoms. The summed E-state index contributed by atoms with van der Waals surface area (Å²) in [6.07, 6.45) is 4.99. The molecule has 2 rings (SSSR count). The maximum atomic E-state index is 12.0. The highest BCUT2D eigenvalue weighted by molar-refractivity contribution is 6.33. The zero-order valence-electron chi connectivity index (χ0n) is 11.6. The molecule has 1 aromatic rings. The highest BCUT2D eigenvalue weighted by Gasteiger charge is 2.16. The van der Waals surface area contributed by atoms with Crippen LogP contribution in [0.25, 0.3) is 0 Å². The van der Waals surface area contributed by atoms with Gasteiger partial charge in [-0.2, -0.15) is 0 Å². The number of rotatable bonds is 5. The Bertz CT molecular complexity index is 530. The number of piperidine rings is 1. The van der Waals surface area contributed by atoms with Gasteiger partial charge in [0.2, 0.25) is 5.91 Å². The number of aromatic nitrogens is 1. The maximum Gasteiger partial charge on any atom is 0.337 e. The average Bonchev–Trinajstić information content (AvgIpc) is 2.49. The number of carbonyl (C=O) groups excluding carboxylic acids is 1. The number of nitrogens with one attached hydrogen (secondary N) is 1. The molecule has 1 aliphatic rings. The van der Waals surface area contributed by atoms with Gasteiger partial charge in [-0.05, 0) is 25.3 Å². The Morgan fingerprint density at radius 3 is 2.71 bits per heavy atom. The first kappa shape index (κ1) is 15.6. The van der Waals surface area contributed by atoms with Crippen molar-refractivity contribution in [2.45, 2.75) is 25.7 Å². The predicted molar refractivity (Wildman–Crippen MR) is 79.7 cm³/mol. The van der Waals surface area contributed by atoms with Crippen molar-refractivity contribution in [3.8, 4) is 0 Å². The summed E-state index contributed by atoms with van der Waals surface area (Å²) >= 11 is 5.75. The summed E-state index contributed by atoms with van der Waals surface area (Å²) in [6, 6.07) is 1.37. The van der Waals surface area contributed by atoms with Gasteiger partial charge in [-0.15, -0.1) is 0 Å². The van der Waals surface area contributed by atoms with Crippen LogP contribution < -0.4 is 5.32 Å². The minimum Gasteiger partial charge on any atom is -0.478 e. The number of carbonyl (C=O) groups is 2. The second-order valence-corrected chi connectivity index (χ2v) is 5.38. The second-order valence-electron chi connectivity index (χ2n) is 4.97. The molecule has 0 radical (unpaired) electrons. The van der Waals surface area contributed by atoms with Crippen LogP contribution in [0.5, 0.6) is 0 Å². The lowest BCUT2D eigenvalue weighted by molar-refractivity contribution is -0.131. The van der Waals surface area contributed by atoms with Gasteiger partial charge in [0.05, 0.1) is 10.6 Å². The third-order valence-corrected chi connectivity index (χ3v) is 3.74. The number of anilines is 1. The molecule has 7 heteroatoms. The van der Waals surface area contributed by atoms with Gasteiger partial charge in [0.1, 0.15) is 5.82 Å². The quantitative estimate of drug-likeness (QED) is 0.871. The van der Waals surface area contributed by atoms with Crippen molar-refractivity contribution in [3.05, 3.63) is 22.8 Å². The fraction of sp³-hybridized carbons (Fsp3) is 0.500. The Morgan fingerprint density at radius 1 is 1.33 bits per heavy atom. The number of carboxylic acid groups (broad SMARTS) is 1. The van der Waals surface area contributed by atoms with Gasteiger partial charge in [0.25, 0.3) is 0 Å². The molecular formula is C14H18ClN3O3. The standard InChI is InChI=1S/C14H18ClN3O3/c15-11-9-17-12(8-10(11)14(20)21)16-5-4-13(19)18-6-2-1-3-7-18/h8-9H,1-7H2,(H,16,17)(H,20,21). The molecule has 1 aliphatic heterocycles. The van der Waals surface area contributed by atoms with E-state index in [1.54, 1.807) is 0 Å². The Labute approximate surface area is 128 Å². The topological polar surface area (TPSA) is 82.5 Å². The molecule has 114 valence electrons. The number of aromatic carboxylic acids is 1. The van der Waals surface area contributed by atoms with E-state index in [1.165, 1.54) is 18.7 Å². The van der Waals surface area contributed by atoms with Crippen LogP contribution in [-0.2, 0) is 4.79 Å². The van der Waals surface area contributed by atoms with Crippen LogP contribution >= 0.6 is 11.6 Å². The summed E-state index contributed by atoms with van der Waals surface area (Å²) in [6.45, 7) is 2.09. The van der Waals surface area contributed by atoms with Crippen LogP contribution in [0.3, 0.4) is 0 Å². The normalized spacial score (nSPS) is 14.8. The van der Waals surface area contributed by atoms with Gasteiger partial charge in [-0.25, -0.2) is 9.78 Å². The Morgan fingerprint density at radius 2 is 2.05 bits per heavy atom. The Kier molecular flexibility index (Phi) is 5.38. The molecule has 6 nitrogen and oxygen atoms in total. The molecule has 0 atom stereocenters. The van der Waals surface area contributed by atoms with Crippen LogP contribution in [0.1, 0.15) is 36.0 Å². The zero-order valence-corrected chi connectivity index (χ0v) is 12.4. The Balaban J connectivity index is 1.84. The lowest BCUT2D eigenvalue weighted by Crippen LogP contribution is -2.36. The third kappa shape index (κ3) is 4.32. The smallest absolute Gasteiger partial charge is 0.337 e. The summed E-state index contributed by atoms with van der Waals surface area (Å²) < 4.78 is 0. The van der Waals surface area contributed by atoms with Crippen LogP contribution in [-0.4, -0.2) is 46.5 Å². The SMILES string of the molecule is O=C(O)c1cc(NCCC(=O)N2CCCCC2)ncc1Cl. The van der Waals surface area contributed by atoms with Crippen LogP contribution in [0.2, 0.25) is 5.02 Å². The van der Waals surface area contributed by atoms with Crippen LogP contribution in [0.15, 0.2) is 12.3 Å². The average molecular weight is 312 g/mol. The second kappa shape index (κ2) is 7.26. The molecule has 0 aromatic carbocycles. The molecule has 21 heavy (non-hydrogen) atoms. The number of amides is 1. The van der Waals surface area contributed by atoms with E-state index in [2.05, 4.69) is 10.3 Å². The van der Waals surface area contributed by atoms with E-state index in [0.717, 1.165) is 25.9 Å². The van der Waals surface area contributed by atoms with Gasteiger partial charge in [-0.3, -0.25) is 4.79 Å². The number of pyridine rings is 1. The molecule has 2 heterocycles. The number of hydrogen-bond donors (Lipinski definition) is 2. The van der Waals surface area contributed by atoms with Gasteiger partial charge >= 0.3 is 5.97 Å². The number of halogens is 1. The van der Waals surface area contributed by atoms with Crippen LogP contribution in [0, 0.1) is 0 Å². The van der Waals surface area contributed by atoms with E-state index in [1.807, 2.05) is 4.90 Å². The number of carboxylic acids is 1. The molecule has 1 amide bonds. The minimum atomic E-state index is -1.10. The number of hydrogen-bond acceptors (Lipinski definition) is 4. The van der Waals surface area contributed by atoms with Crippen molar-refractivity contribution in [2.24, 2.45) is 0 Å². The lowest BCUT2D eigenvalue weighted by atomic mass is 10.1. The predicted octanol–water partition coefficient (Wildman–Crippen LogP) is 2.25. The van der Waals surface area contributed by atoms with Gasteiger partial charge in [0.15, 0.2) is 0 Å². The number of nitrogens with zero attached hydrogens (tertiary/aromatic N) is 2. The van der Waals surface area contributed by atoms with Crippen molar-refractivity contribution in [1.82, 2.24) is 9.88 Å². The highest BCUT2D eigenvalue weighted by Crippen LogP contribution is 2.18. The number of likely N-dealkylation sites (tertiary alicyclic amines) is 1. The molecule has 0 aliphatic carbocycles. The van der Waals surface area contributed by atoms with E-state index in [9.17, 15) is 9.59 Å². The first-order valence-corrected chi connectivity index (χ1v) is 7.36. The van der Waals surface area contributed by atoms with Crippen molar-refractivity contribution in [2.75, 3.05) is 25.0 Å². The zero-order chi connectivity index (χ0) is 15.2. The fourth-order valence-corrected chi connectivity index (χ4v) is 2.48. The summed E-state index contributed by atoms with van der Waals surface area (Å²) in [5.41, 5.74) is -0.00322. The van der Waals surface area contributed by atoms with E-state index in [4.69, 9.17) is 16.7 Å². The molecule has 1 fully saturated rings. The highest BCUT2D eigenvalue weighted by atomic mass is 35.5. The van der Waals surface area contributed by atoms with Crippen molar-refractivity contribution in [3.63, 3.8) is 0 Å².